The Kier molecular flexibility index (Phi) is 4.75. The maximum Gasteiger partial charge on any atom is 0.0626 e. The Morgan fingerprint density at radius 2 is 0.591 bits per heavy atom. The molecule has 44 heavy (non-hydrogen) atoms. The van der Waals surface area contributed by atoms with Crippen molar-refractivity contribution >= 4 is 75.9 Å². The van der Waals surface area contributed by atoms with E-state index in [2.05, 4.69) is 167 Å². The molecular weight excluding hydrogens is 532 g/mol. The second kappa shape index (κ2) is 8.82. The van der Waals surface area contributed by atoms with Crippen molar-refractivity contribution in [1.82, 2.24) is 9.13 Å². The smallest absolute Gasteiger partial charge is 0.0626 e. The number of benzene rings is 8. The van der Waals surface area contributed by atoms with Gasteiger partial charge in [0.1, 0.15) is 0 Å². The monoisotopic (exact) mass is 558 g/mol. The summed E-state index contributed by atoms with van der Waals surface area (Å²) in [4.78, 5) is 0. The van der Waals surface area contributed by atoms with Gasteiger partial charge in [-0.15, -0.1) is 0 Å². The van der Waals surface area contributed by atoms with Gasteiger partial charge in [0, 0.05) is 49.1 Å². The Morgan fingerprint density at radius 1 is 0.250 bits per heavy atom. The lowest BCUT2D eigenvalue weighted by molar-refractivity contribution is 1.19. The lowest BCUT2D eigenvalue weighted by Crippen LogP contribution is -1.96. The van der Waals surface area contributed by atoms with Crippen LogP contribution in [0, 0.1) is 0 Å². The molecule has 0 fully saturated rings. The topological polar surface area (TPSA) is 9.86 Å². The predicted molar refractivity (Wildman–Crippen MR) is 188 cm³/mol. The number of rotatable bonds is 2. The fourth-order valence-corrected chi connectivity index (χ4v) is 7.79. The first-order valence-corrected chi connectivity index (χ1v) is 15.2. The van der Waals surface area contributed by atoms with E-state index in [1.54, 1.807) is 0 Å². The van der Waals surface area contributed by atoms with Crippen LogP contribution < -0.4 is 0 Å². The van der Waals surface area contributed by atoms with Gasteiger partial charge in [-0.1, -0.05) is 121 Å². The zero-order chi connectivity index (χ0) is 28.8. The minimum Gasteiger partial charge on any atom is -0.309 e. The Labute approximate surface area is 253 Å². The van der Waals surface area contributed by atoms with Crippen molar-refractivity contribution < 1.29 is 0 Å². The van der Waals surface area contributed by atoms with E-state index in [1.165, 1.54) is 87.3 Å². The average molecular weight is 559 g/mol. The van der Waals surface area contributed by atoms with Crippen LogP contribution >= 0.6 is 0 Å². The van der Waals surface area contributed by atoms with Crippen LogP contribution in [0.4, 0.5) is 0 Å². The van der Waals surface area contributed by atoms with Crippen molar-refractivity contribution in [2.24, 2.45) is 0 Å². The Morgan fingerprint density at radius 3 is 1.02 bits per heavy atom. The number of fused-ring (bicyclic) bond motifs is 15. The van der Waals surface area contributed by atoms with Gasteiger partial charge < -0.3 is 9.13 Å². The highest BCUT2D eigenvalue weighted by molar-refractivity contribution is 6.45. The van der Waals surface area contributed by atoms with E-state index >= 15 is 0 Å². The van der Waals surface area contributed by atoms with E-state index in [-0.39, 0.29) is 0 Å². The molecule has 8 aromatic carbocycles. The van der Waals surface area contributed by atoms with Crippen LogP contribution in [0.5, 0.6) is 0 Å². The minimum absolute atomic E-state index is 1.17. The zero-order valence-corrected chi connectivity index (χ0v) is 23.9. The van der Waals surface area contributed by atoms with Gasteiger partial charge in [-0.2, -0.15) is 0 Å². The maximum atomic E-state index is 2.48. The molecule has 204 valence electrons. The summed E-state index contributed by atoms with van der Waals surface area (Å²) in [7, 11) is 0. The third-order valence-corrected chi connectivity index (χ3v) is 9.43. The highest BCUT2D eigenvalue weighted by atomic mass is 15.0. The van der Waals surface area contributed by atoms with E-state index in [0.717, 1.165) is 0 Å². The van der Waals surface area contributed by atoms with Crippen LogP contribution in [-0.4, -0.2) is 9.13 Å². The van der Waals surface area contributed by atoms with Crippen molar-refractivity contribution in [2.45, 2.75) is 0 Å². The Balaban J connectivity index is 1.62. The SMILES string of the molecule is c1ccc(-n2c3ccccc3c3c4c(c5ccccc5c32)c2ccccc2c2c4c3ccccc3n2-c2ccccc2)cc1. The fourth-order valence-electron chi connectivity index (χ4n) is 7.79. The number of para-hydroxylation sites is 4. The summed E-state index contributed by atoms with van der Waals surface area (Å²) in [5.41, 5.74) is 7.31. The molecule has 0 aliphatic rings. The van der Waals surface area contributed by atoms with Gasteiger partial charge in [-0.3, -0.25) is 0 Å². The molecule has 2 heteroatoms. The predicted octanol–water partition coefficient (Wildman–Crippen LogP) is 11.3. The Hall–Kier alpha value is -5.86. The van der Waals surface area contributed by atoms with Crippen molar-refractivity contribution in [1.29, 1.82) is 0 Å². The molecule has 0 N–H and O–H groups in total. The minimum atomic E-state index is 1.17. The summed E-state index contributed by atoms with van der Waals surface area (Å²) >= 11 is 0. The molecule has 2 aromatic heterocycles. The summed E-state index contributed by atoms with van der Waals surface area (Å²) < 4.78 is 4.95. The molecular formula is C42H26N2. The standard InChI is InChI=1S/C42H26N2/c1-3-15-27(16-4-1)43-35-25-13-11-23-33(35)38-40-37(29-19-7-9-21-31(29)41(38)43)30-20-8-10-22-32(30)42-39(40)34-24-12-14-26-36(34)44(42)28-17-5-2-6-18-28/h1-26H. The third kappa shape index (κ3) is 2.99. The highest BCUT2D eigenvalue weighted by Gasteiger charge is 2.25. The van der Waals surface area contributed by atoms with E-state index < -0.39 is 0 Å². The van der Waals surface area contributed by atoms with Gasteiger partial charge in [0.25, 0.3) is 0 Å². The molecule has 0 spiro atoms. The van der Waals surface area contributed by atoms with Crippen LogP contribution in [0.2, 0.25) is 0 Å². The molecule has 0 saturated heterocycles. The number of hydrogen-bond acceptors (Lipinski definition) is 0. The summed E-state index contributed by atoms with van der Waals surface area (Å²) in [5, 5.41) is 12.9. The molecule has 10 aromatic rings. The van der Waals surface area contributed by atoms with Crippen molar-refractivity contribution in [3.63, 3.8) is 0 Å². The van der Waals surface area contributed by atoms with E-state index in [0.29, 0.717) is 0 Å². The largest absolute Gasteiger partial charge is 0.309 e. The molecule has 0 amide bonds. The highest BCUT2D eigenvalue weighted by Crippen LogP contribution is 2.50. The van der Waals surface area contributed by atoms with Crippen LogP contribution in [0.3, 0.4) is 0 Å². The van der Waals surface area contributed by atoms with Gasteiger partial charge >= 0.3 is 0 Å². The molecule has 0 unspecified atom stereocenters. The van der Waals surface area contributed by atoms with Crippen molar-refractivity contribution in [3.05, 3.63) is 158 Å². The third-order valence-electron chi connectivity index (χ3n) is 9.43. The lowest BCUT2D eigenvalue weighted by Gasteiger charge is -2.16. The van der Waals surface area contributed by atoms with E-state index in [4.69, 9.17) is 0 Å². The molecule has 2 heterocycles. The van der Waals surface area contributed by atoms with E-state index in [1.807, 2.05) is 0 Å². The van der Waals surface area contributed by atoms with Crippen LogP contribution in [0.1, 0.15) is 0 Å². The lowest BCUT2D eigenvalue weighted by atomic mass is 9.89. The first-order chi connectivity index (χ1) is 21.9. The number of hydrogen-bond donors (Lipinski definition) is 0. The van der Waals surface area contributed by atoms with Crippen LogP contribution in [-0.2, 0) is 0 Å². The van der Waals surface area contributed by atoms with Gasteiger partial charge in [-0.25, -0.2) is 0 Å². The van der Waals surface area contributed by atoms with Crippen LogP contribution in [0.25, 0.3) is 87.3 Å². The first kappa shape index (κ1) is 23.7. The number of aromatic nitrogens is 2. The molecule has 0 bridgehead atoms. The van der Waals surface area contributed by atoms with Gasteiger partial charge in [0.15, 0.2) is 0 Å². The molecule has 2 nitrogen and oxygen atoms in total. The molecule has 0 aliphatic carbocycles. The summed E-state index contributed by atoms with van der Waals surface area (Å²) in [5.74, 6) is 0. The summed E-state index contributed by atoms with van der Waals surface area (Å²) in [6, 6.07) is 57.5. The average Bonchev–Trinajstić information content (AvgIpc) is 3.63. The van der Waals surface area contributed by atoms with Crippen molar-refractivity contribution in [2.75, 3.05) is 0 Å². The molecule has 10 rings (SSSR count). The maximum absolute atomic E-state index is 2.48. The Bertz CT molecular complexity index is 2560. The second-order valence-corrected chi connectivity index (χ2v) is 11.7. The fraction of sp³-hybridized carbons (Fsp3) is 0. The van der Waals surface area contributed by atoms with Gasteiger partial charge in [-0.05, 0) is 52.6 Å². The summed E-state index contributed by atoms with van der Waals surface area (Å²) in [6.45, 7) is 0. The number of nitrogens with zero attached hydrogens (tertiary/aromatic N) is 2. The van der Waals surface area contributed by atoms with Crippen LogP contribution in [0.15, 0.2) is 158 Å². The normalized spacial score (nSPS) is 12.1. The van der Waals surface area contributed by atoms with Gasteiger partial charge in [0.2, 0.25) is 0 Å². The summed E-state index contributed by atoms with van der Waals surface area (Å²) in [6.07, 6.45) is 0. The first-order valence-electron chi connectivity index (χ1n) is 15.2. The molecule has 0 saturated carbocycles. The molecule has 0 atom stereocenters. The molecule has 0 radical (unpaired) electrons. The van der Waals surface area contributed by atoms with Gasteiger partial charge in [0.05, 0.1) is 22.1 Å². The molecule has 0 aliphatic heterocycles. The van der Waals surface area contributed by atoms with Crippen molar-refractivity contribution in [3.8, 4) is 11.4 Å². The zero-order valence-electron chi connectivity index (χ0n) is 23.9. The quantitative estimate of drug-likeness (QED) is 0.187. The second-order valence-electron chi connectivity index (χ2n) is 11.7. The van der Waals surface area contributed by atoms with E-state index in [9.17, 15) is 0 Å².